The Morgan fingerprint density at radius 3 is 2.53 bits per heavy atom. The van der Waals surface area contributed by atoms with E-state index in [0.717, 1.165) is 18.4 Å². The van der Waals surface area contributed by atoms with Gasteiger partial charge >= 0.3 is 0 Å². The Hall–Kier alpha value is -0.430. The molecule has 0 atom stereocenters. The van der Waals surface area contributed by atoms with Gasteiger partial charge in [0.15, 0.2) is 0 Å². The summed E-state index contributed by atoms with van der Waals surface area (Å²) >= 11 is 3.34. The van der Waals surface area contributed by atoms with Gasteiger partial charge < -0.3 is 4.74 Å². The van der Waals surface area contributed by atoms with Gasteiger partial charge in [0.1, 0.15) is 0 Å². The second-order valence-corrected chi connectivity index (χ2v) is 7.62. The van der Waals surface area contributed by atoms with Crippen LogP contribution in [0.1, 0.15) is 18.4 Å². The van der Waals surface area contributed by atoms with Crippen molar-refractivity contribution in [2.45, 2.75) is 30.7 Å². The van der Waals surface area contributed by atoms with Gasteiger partial charge in [0.25, 0.3) is 0 Å². The molecular weight excluding hydrogens is 330 g/mol. The zero-order valence-electron chi connectivity index (χ0n) is 11.1. The van der Waals surface area contributed by atoms with E-state index in [1.54, 1.807) is 13.1 Å². The zero-order valence-corrected chi connectivity index (χ0v) is 13.5. The molecule has 1 heterocycles. The van der Waals surface area contributed by atoms with Crippen LogP contribution in [0.5, 0.6) is 0 Å². The molecule has 19 heavy (non-hydrogen) atoms. The zero-order chi connectivity index (χ0) is 14.0. The molecule has 1 aliphatic heterocycles. The smallest absolute Gasteiger partial charge is 0.244 e. The first-order valence-corrected chi connectivity index (χ1v) is 8.48. The van der Waals surface area contributed by atoms with Gasteiger partial charge in [0, 0.05) is 30.8 Å². The number of benzene rings is 1. The molecule has 1 saturated heterocycles. The Kier molecular flexibility index (Phi) is 4.66. The molecule has 0 aromatic heterocycles. The summed E-state index contributed by atoms with van der Waals surface area (Å²) in [5.74, 6) is 0. The Balaban J connectivity index is 2.30. The molecule has 1 aromatic carbocycles. The summed E-state index contributed by atoms with van der Waals surface area (Å²) in [5, 5.41) is 0. The van der Waals surface area contributed by atoms with E-state index in [1.807, 2.05) is 19.1 Å². The van der Waals surface area contributed by atoms with Crippen LogP contribution in [0.2, 0.25) is 0 Å². The molecule has 0 amide bonds. The van der Waals surface area contributed by atoms with Crippen LogP contribution in [0.4, 0.5) is 0 Å². The fourth-order valence-corrected chi connectivity index (χ4v) is 4.78. The molecule has 2 rings (SSSR count). The Labute approximate surface area is 122 Å². The minimum atomic E-state index is -3.46. The lowest BCUT2D eigenvalue weighted by atomic mass is 10.1. The number of aryl methyl sites for hydroxylation is 1. The Morgan fingerprint density at radius 1 is 1.32 bits per heavy atom. The van der Waals surface area contributed by atoms with Crippen molar-refractivity contribution in [1.82, 2.24) is 4.31 Å². The first-order valence-electron chi connectivity index (χ1n) is 6.25. The normalized spacial score (nSPS) is 17.9. The van der Waals surface area contributed by atoms with Crippen molar-refractivity contribution < 1.29 is 13.2 Å². The Bertz CT molecular complexity index is 553. The maximum atomic E-state index is 12.6. The molecule has 106 valence electrons. The van der Waals surface area contributed by atoms with Gasteiger partial charge in [-0.05, 0) is 53.4 Å². The average Bonchev–Trinajstić information content (AvgIpc) is 2.38. The maximum absolute atomic E-state index is 12.6. The maximum Gasteiger partial charge on any atom is 0.244 e. The fraction of sp³-hybridized carbons (Fsp3) is 0.538. The second kappa shape index (κ2) is 5.91. The van der Waals surface area contributed by atoms with Crippen molar-refractivity contribution in [2.75, 3.05) is 20.3 Å². The summed E-state index contributed by atoms with van der Waals surface area (Å²) in [5.41, 5.74) is 1.03. The lowest BCUT2D eigenvalue weighted by Crippen LogP contribution is -2.40. The van der Waals surface area contributed by atoms with Gasteiger partial charge in [-0.25, -0.2) is 8.42 Å². The molecule has 0 bridgehead atoms. The summed E-state index contributed by atoms with van der Waals surface area (Å²) in [4.78, 5) is 0.326. The minimum Gasteiger partial charge on any atom is -0.381 e. The number of nitrogens with zero attached hydrogens (tertiary/aromatic N) is 1. The number of rotatable bonds is 3. The molecule has 1 fully saturated rings. The van der Waals surface area contributed by atoms with Crippen LogP contribution >= 0.6 is 15.9 Å². The number of hydrogen-bond acceptors (Lipinski definition) is 3. The minimum absolute atomic E-state index is 0.0203. The van der Waals surface area contributed by atoms with Gasteiger partial charge in [-0.15, -0.1) is 0 Å². The molecule has 0 radical (unpaired) electrons. The van der Waals surface area contributed by atoms with E-state index in [4.69, 9.17) is 4.74 Å². The van der Waals surface area contributed by atoms with Crippen LogP contribution in [0.25, 0.3) is 0 Å². The third-order valence-corrected chi connectivity index (χ3v) is 6.34. The molecule has 0 unspecified atom stereocenters. The summed E-state index contributed by atoms with van der Waals surface area (Å²) < 4.78 is 32.6. The molecule has 0 aliphatic carbocycles. The lowest BCUT2D eigenvalue weighted by molar-refractivity contribution is 0.0632. The molecule has 6 heteroatoms. The van der Waals surface area contributed by atoms with Crippen molar-refractivity contribution in [1.29, 1.82) is 0 Å². The Morgan fingerprint density at radius 2 is 1.95 bits per heavy atom. The number of halogens is 1. The highest BCUT2D eigenvalue weighted by Crippen LogP contribution is 2.28. The number of hydrogen-bond donors (Lipinski definition) is 0. The topological polar surface area (TPSA) is 46.6 Å². The van der Waals surface area contributed by atoms with Crippen LogP contribution in [0.3, 0.4) is 0 Å². The van der Waals surface area contributed by atoms with E-state index >= 15 is 0 Å². The van der Waals surface area contributed by atoms with Gasteiger partial charge in [-0.1, -0.05) is 6.07 Å². The van der Waals surface area contributed by atoms with Crippen LogP contribution < -0.4 is 0 Å². The summed E-state index contributed by atoms with van der Waals surface area (Å²) in [6.07, 6.45) is 1.50. The predicted molar refractivity (Wildman–Crippen MR) is 77.7 cm³/mol. The van der Waals surface area contributed by atoms with Gasteiger partial charge in [0.05, 0.1) is 4.90 Å². The van der Waals surface area contributed by atoms with Crippen molar-refractivity contribution in [3.05, 3.63) is 28.2 Å². The molecule has 0 saturated carbocycles. The summed E-state index contributed by atoms with van der Waals surface area (Å²) in [7, 11) is -1.80. The second-order valence-electron chi connectivity index (χ2n) is 4.80. The predicted octanol–water partition coefficient (Wildman–Crippen LogP) is 2.56. The first kappa shape index (κ1) is 15.0. The molecular formula is C13H18BrNO3S. The van der Waals surface area contributed by atoms with Gasteiger partial charge in [-0.2, -0.15) is 4.31 Å². The highest BCUT2D eigenvalue weighted by atomic mass is 79.9. The molecule has 0 N–H and O–H groups in total. The SMILES string of the molecule is Cc1ccc(S(=O)(=O)N(C)C2CCOCC2)c(Br)c1. The third-order valence-electron chi connectivity index (χ3n) is 3.45. The standard InChI is InChI=1S/C13H18BrNO3S/c1-10-3-4-13(12(14)9-10)19(16,17)15(2)11-5-7-18-8-6-11/h3-4,9,11H,5-8H2,1-2H3. The van der Waals surface area contributed by atoms with Crippen LogP contribution in [-0.2, 0) is 14.8 Å². The van der Waals surface area contributed by atoms with Crippen LogP contribution in [-0.4, -0.2) is 39.0 Å². The van der Waals surface area contributed by atoms with Crippen molar-refractivity contribution in [2.24, 2.45) is 0 Å². The lowest BCUT2D eigenvalue weighted by Gasteiger charge is -2.30. The third kappa shape index (κ3) is 3.18. The number of sulfonamides is 1. The van der Waals surface area contributed by atoms with E-state index in [9.17, 15) is 8.42 Å². The van der Waals surface area contributed by atoms with E-state index in [1.165, 1.54) is 4.31 Å². The fourth-order valence-electron chi connectivity index (χ4n) is 2.22. The summed E-state index contributed by atoms with van der Waals surface area (Å²) in [6.45, 7) is 3.18. The van der Waals surface area contributed by atoms with E-state index in [0.29, 0.717) is 22.6 Å². The quantitative estimate of drug-likeness (QED) is 0.844. The van der Waals surface area contributed by atoms with Crippen molar-refractivity contribution >= 4 is 26.0 Å². The molecule has 4 nitrogen and oxygen atoms in total. The largest absolute Gasteiger partial charge is 0.381 e. The van der Waals surface area contributed by atoms with E-state index in [-0.39, 0.29) is 6.04 Å². The average molecular weight is 348 g/mol. The molecule has 1 aromatic rings. The van der Waals surface area contributed by atoms with E-state index in [2.05, 4.69) is 15.9 Å². The van der Waals surface area contributed by atoms with Gasteiger partial charge in [0.2, 0.25) is 10.0 Å². The molecule has 1 aliphatic rings. The van der Waals surface area contributed by atoms with Crippen LogP contribution in [0.15, 0.2) is 27.6 Å². The number of ether oxygens (including phenoxy) is 1. The first-order chi connectivity index (χ1) is 8.93. The summed E-state index contributed by atoms with van der Waals surface area (Å²) in [6, 6.07) is 5.32. The van der Waals surface area contributed by atoms with Crippen molar-refractivity contribution in [3.63, 3.8) is 0 Å². The van der Waals surface area contributed by atoms with Crippen molar-refractivity contribution in [3.8, 4) is 0 Å². The highest BCUT2D eigenvalue weighted by Gasteiger charge is 2.30. The van der Waals surface area contributed by atoms with Gasteiger partial charge in [-0.3, -0.25) is 0 Å². The molecule has 0 spiro atoms. The van der Waals surface area contributed by atoms with E-state index < -0.39 is 10.0 Å². The monoisotopic (exact) mass is 347 g/mol. The van der Waals surface area contributed by atoms with Crippen LogP contribution in [0, 0.1) is 6.92 Å². The highest BCUT2D eigenvalue weighted by molar-refractivity contribution is 9.10.